The van der Waals surface area contributed by atoms with Crippen LogP contribution in [-0.4, -0.2) is 5.91 Å². The van der Waals surface area contributed by atoms with Crippen molar-refractivity contribution < 1.29 is 4.79 Å². The van der Waals surface area contributed by atoms with Crippen LogP contribution >= 0.6 is 11.6 Å². The van der Waals surface area contributed by atoms with Gasteiger partial charge >= 0.3 is 0 Å². The van der Waals surface area contributed by atoms with Gasteiger partial charge in [-0.2, -0.15) is 5.26 Å². The summed E-state index contributed by atoms with van der Waals surface area (Å²) in [5, 5.41) is 12.1. The molecule has 0 fully saturated rings. The summed E-state index contributed by atoms with van der Waals surface area (Å²) in [7, 11) is 0. The van der Waals surface area contributed by atoms with Crippen molar-refractivity contribution in [1.82, 2.24) is 0 Å². The summed E-state index contributed by atoms with van der Waals surface area (Å²) in [5.41, 5.74) is 1.29. The van der Waals surface area contributed by atoms with E-state index in [-0.39, 0.29) is 5.57 Å². The highest BCUT2D eigenvalue weighted by Crippen LogP contribution is 2.21. The van der Waals surface area contributed by atoms with Gasteiger partial charge in [-0.15, -0.1) is 0 Å². The van der Waals surface area contributed by atoms with Crippen LogP contribution < -0.4 is 5.32 Å². The Kier molecular flexibility index (Phi) is 4.54. The van der Waals surface area contributed by atoms with Crippen LogP contribution in [0.2, 0.25) is 5.02 Å². The van der Waals surface area contributed by atoms with Crippen molar-refractivity contribution in [2.45, 2.75) is 0 Å². The molecule has 1 N–H and O–H groups in total. The quantitative estimate of drug-likeness (QED) is 0.686. The molecule has 98 valence electrons. The van der Waals surface area contributed by atoms with Gasteiger partial charge in [0.25, 0.3) is 5.91 Å². The molecule has 2 aromatic carbocycles. The summed E-state index contributed by atoms with van der Waals surface area (Å²) in [4.78, 5) is 12.0. The molecule has 0 radical (unpaired) electrons. The Bertz CT molecular complexity index is 687. The van der Waals surface area contributed by atoms with Crippen molar-refractivity contribution in [3.8, 4) is 6.07 Å². The van der Waals surface area contributed by atoms with Crippen LogP contribution in [0.3, 0.4) is 0 Å². The summed E-state index contributed by atoms with van der Waals surface area (Å²) in [6.45, 7) is 0. The maximum atomic E-state index is 12.0. The van der Waals surface area contributed by atoms with Gasteiger partial charge in [0.1, 0.15) is 11.6 Å². The molecule has 0 saturated carbocycles. The summed E-state index contributed by atoms with van der Waals surface area (Å²) in [6.07, 6.45) is 1.53. The maximum absolute atomic E-state index is 12.0. The number of carbonyl (C=O) groups excluding carboxylic acids is 1. The molecular weight excluding hydrogens is 272 g/mol. The van der Waals surface area contributed by atoms with Gasteiger partial charge in [0.05, 0.1) is 10.7 Å². The summed E-state index contributed by atoms with van der Waals surface area (Å²) < 4.78 is 0. The lowest BCUT2D eigenvalue weighted by Gasteiger charge is -2.05. The molecule has 0 aromatic heterocycles. The number of hydrogen-bond donors (Lipinski definition) is 1. The second kappa shape index (κ2) is 6.55. The maximum Gasteiger partial charge on any atom is 0.266 e. The number of carbonyl (C=O) groups is 1. The van der Waals surface area contributed by atoms with E-state index in [1.54, 1.807) is 24.3 Å². The number of nitrogens with one attached hydrogen (secondary N) is 1. The Morgan fingerprint density at radius 2 is 1.75 bits per heavy atom. The van der Waals surface area contributed by atoms with Gasteiger partial charge in [-0.25, -0.2) is 0 Å². The third-order valence-corrected chi connectivity index (χ3v) is 2.93. The Hall–Kier alpha value is -2.57. The molecule has 0 atom stereocenters. The van der Waals surface area contributed by atoms with Crippen molar-refractivity contribution in [2.24, 2.45) is 0 Å². The lowest BCUT2D eigenvalue weighted by Crippen LogP contribution is -2.13. The highest BCUT2D eigenvalue weighted by atomic mass is 35.5. The predicted octanol–water partition coefficient (Wildman–Crippen LogP) is 3.89. The Balaban J connectivity index is 2.21. The van der Waals surface area contributed by atoms with Crippen LogP contribution in [0, 0.1) is 11.3 Å². The zero-order valence-electron chi connectivity index (χ0n) is 10.5. The minimum Gasteiger partial charge on any atom is -0.320 e. The first-order valence-corrected chi connectivity index (χ1v) is 6.31. The lowest BCUT2D eigenvalue weighted by molar-refractivity contribution is -0.112. The Labute approximate surface area is 122 Å². The molecule has 0 unspecified atom stereocenters. The number of anilines is 1. The normalized spacial score (nSPS) is 10.7. The zero-order chi connectivity index (χ0) is 14.4. The average molecular weight is 283 g/mol. The van der Waals surface area contributed by atoms with Gasteiger partial charge in [0, 0.05) is 0 Å². The van der Waals surface area contributed by atoms with E-state index >= 15 is 0 Å². The summed E-state index contributed by atoms with van der Waals surface area (Å²) in [6, 6.07) is 18.0. The van der Waals surface area contributed by atoms with E-state index in [4.69, 9.17) is 16.9 Å². The molecule has 0 bridgehead atoms. The van der Waals surface area contributed by atoms with E-state index in [9.17, 15) is 4.79 Å². The van der Waals surface area contributed by atoms with Crippen molar-refractivity contribution in [3.05, 3.63) is 70.8 Å². The topological polar surface area (TPSA) is 52.9 Å². The minimum atomic E-state index is -0.482. The highest BCUT2D eigenvalue weighted by Gasteiger charge is 2.10. The second-order valence-corrected chi connectivity index (χ2v) is 4.42. The Morgan fingerprint density at radius 1 is 1.10 bits per heavy atom. The highest BCUT2D eigenvalue weighted by molar-refractivity contribution is 6.34. The fraction of sp³-hybridized carbons (Fsp3) is 0. The van der Waals surface area contributed by atoms with E-state index < -0.39 is 5.91 Å². The SMILES string of the molecule is N#C/C(=C\c1ccccc1)C(=O)Nc1ccccc1Cl. The lowest BCUT2D eigenvalue weighted by atomic mass is 10.1. The smallest absolute Gasteiger partial charge is 0.266 e. The first-order chi connectivity index (χ1) is 9.70. The third-order valence-electron chi connectivity index (χ3n) is 2.60. The molecule has 0 aliphatic heterocycles. The molecule has 0 heterocycles. The summed E-state index contributed by atoms with van der Waals surface area (Å²) in [5.74, 6) is -0.482. The van der Waals surface area contributed by atoms with Crippen molar-refractivity contribution in [3.63, 3.8) is 0 Å². The fourth-order valence-corrected chi connectivity index (χ4v) is 1.80. The van der Waals surface area contributed by atoms with E-state index in [1.807, 2.05) is 36.4 Å². The van der Waals surface area contributed by atoms with Gasteiger partial charge in [0.15, 0.2) is 0 Å². The van der Waals surface area contributed by atoms with Crippen LogP contribution in [0.4, 0.5) is 5.69 Å². The fourth-order valence-electron chi connectivity index (χ4n) is 1.62. The van der Waals surface area contributed by atoms with Gasteiger partial charge < -0.3 is 5.32 Å². The molecule has 4 heteroatoms. The third kappa shape index (κ3) is 3.47. The van der Waals surface area contributed by atoms with Crippen LogP contribution in [0.1, 0.15) is 5.56 Å². The van der Waals surface area contributed by atoms with E-state index in [1.165, 1.54) is 6.08 Å². The van der Waals surface area contributed by atoms with Crippen LogP contribution in [0.5, 0.6) is 0 Å². The predicted molar refractivity (Wildman–Crippen MR) is 80.1 cm³/mol. The number of halogens is 1. The van der Waals surface area contributed by atoms with E-state index in [2.05, 4.69) is 5.32 Å². The summed E-state index contributed by atoms with van der Waals surface area (Å²) >= 11 is 5.96. The molecule has 20 heavy (non-hydrogen) atoms. The molecule has 2 rings (SSSR count). The monoisotopic (exact) mass is 282 g/mol. The zero-order valence-corrected chi connectivity index (χ0v) is 11.3. The molecule has 0 saturated heterocycles. The minimum absolute atomic E-state index is 0.0242. The number of nitriles is 1. The molecule has 0 aliphatic rings. The molecule has 1 amide bonds. The first kappa shape index (κ1) is 13.9. The van der Waals surface area contributed by atoms with Crippen LogP contribution in [0.25, 0.3) is 6.08 Å². The number of hydrogen-bond acceptors (Lipinski definition) is 2. The van der Waals surface area contributed by atoms with Crippen LogP contribution in [-0.2, 0) is 4.79 Å². The van der Waals surface area contributed by atoms with Gasteiger partial charge in [-0.05, 0) is 23.8 Å². The molecule has 2 aromatic rings. The molecule has 0 aliphatic carbocycles. The van der Waals surface area contributed by atoms with Gasteiger partial charge in [0.2, 0.25) is 0 Å². The average Bonchev–Trinajstić information content (AvgIpc) is 2.48. The standard InChI is InChI=1S/C16H11ClN2O/c17-14-8-4-5-9-15(14)19-16(20)13(11-18)10-12-6-2-1-3-7-12/h1-10H,(H,19,20)/b13-10+. The van der Waals surface area contributed by atoms with Gasteiger partial charge in [-0.1, -0.05) is 54.1 Å². The van der Waals surface area contributed by atoms with Crippen molar-refractivity contribution in [1.29, 1.82) is 5.26 Å². The molecule has 3 nitrogen and oxygen atoms in total. The van der Waals surface area contributed by atoms with E-state index in [0.29, 0.717) is 10.7 Å². The second-order valence-electron chi connectivity index (χ2n) is 4.01. The number of nitrogens with zero attached hydrogens (tertiary/aromatic N) is 1. The molecular formula is C16H11ClN2O. The largest absolute Gasteiger partial charge is 0.320 e. The number of amides is 1. The number of benzene rings is 2. The van der Waals surface area contributed by atoms with E-state index in [0.717, 1.165) is 5.56 Å². The van der Waals surface area contributed by atoms with Crippen molar-refractivity contribution >= 4 is 29.3 Å². The molecule has 0 spiro atoms. The first-order valence-electron chi connectivity index (χ1n) is 5.93. The van der Waals surface area contributed by atoms with Gasteiger partial charge in [-0.3, -0.25) is 4.79 Å². The van der Waals surface area contributed by atoms with Crippen LogP contribution in [0.15, 0.2) is 60.2 Å². The Morgan fingerprint density at radius 3 is 2.40 bits per heavy atom. The number of rotatable bonds is 3. The van der Waals surface area contributed by atoms with Crippen molar-refractivity contribution in [2.75, 3.05) is 5.32 Å². The number of para-hydroxylation sites is 1.